The van der Waals surface area contributed by atoms with Crippen molar-refractivity contribution >= 4 is 16.8 Å². The molecule has 1 aromatic heterocycles. The molecule has 1 heterocycles. The number of halogens is 3. The highest BCUT2D eigenvalue weighted by Gasteiger charge is 2.18. The van der Waals surface area contributed by atoms with E-state index >= 15 is 0 Å². The summed E-state index contributed by atoms with van der Waals surface area (Å²) < 4.78 is 32.7. The third-order valence-corrected chi connectivity index (χ3v) is 2.72. The number of ether oxygens (including phenoxy) is 1. The van der Waals surface area contributed by atoms with Gasteiger partial charge < -0.3 is 4.74 Å². The van der Waals surface area contributed by atoms with Crippen LogP contribution in [0.3, 0.4) is 0 Å². The fourth-order valence-corrected chi connectivity index (χ4v) is 1.74. The second-order valence-electron chi connectivity index (χ2n) is 3.65. The number of pyridine rings is 1. The summed E-state index contributed by atoms with van der Waals surface area (Å²) in [5.41, 5.74) is -0.439. The molecule has 1 aromatic carbocycles. The van der Waals surface area contributed by atoms with Crippen molar-refractivity contribution in [1.82, 2.24) is 4.98 Å². The van der Waals surface area contributed by atoms with E-state index in [-0.39, 0.29) is 22.6 Å². The summed E-state index contributed by atoms with van der Waals surface area (Å²) in [6.07, 6.45) is 1.08. The van der Waals surface area contributed by atoms with E-state index in [1.165, 1.54) is 25.3 Å². The van der Waals surface area contributed by atoms with Crippen LogP contribution in [0.4, 0.5) is 8.78 Å². The molecular formula is C13H8ClF2NO2. The molecule has 0 aliphatic heterocycles. The van der Waals surface area contributed by atoms with Crippen LogP contribution in [0.1, 0.15) is 10.4 Å². The first-order valence-electron chi connectivity index (χ1n) is 5.23. The van der Waals surface area contributed by atoms with E-state index in [1.54, 1.807) is 0 Å². The molecule has 0 aliphatic carbocycles. The lowest BCUT2D eigenvalue weighted by molar-refractivity contribution is 0.108. The fraction of sp³-hybridized carbons (Fsp3) is 0.0769. The van der Waals surface area contributed by atoms with Gasteiger partial charge in [0.2, 0.25) is 0 Å². The summed E-state index contributed by atoms with van der Waals surface area (Å²) in [6.45, 7) is 0. The maximum absolute atomic E-state index is 13.9. The minimum Gasteiger partial charge on any atom is -0.496 e. The summed E-state index contributed by atoms with van der Waals surface area (Å²) in [6, 6.07) is 5.00. The molecule has 19 heavy (non-hydrogen) atoms. The predicted octanol–water partition coefficient (Wildman–Crippen LogP) is 3.41. The first kappa shape index (κ1) is 13.4. The Hall–Kier alpha value is -2.01. The largest absolute Gasteiger partial charge is 0.496 e. The molecule has 6 heteroatoms. The van der Waals surface area contributed by atoms with Crippen LogP contribution in [0.5, 0.6) is 5.75 Å². The zero-order chi connectivity index (χ0) is 14.0. The van der Waals surface area contributed by atoms with Gasteiger partial charge in [-0.1, -0.05) is 6.07 Å². The smallest absolute Gasteiger partial charge is 0.254 e. The molecule has 2 aromatic rings. The topological polar surface area (TPSA) is 39.2 Å². The lowest BCUT2D eigenvalue weighted by Crippen LogP contribution is -1.99. The van der Waals surface area contributed by atoms with Crippen molar-refractivity contribution in [1.29, 1.82) is 0 Å². The second kappa shape index (κ2) is 5.32. The quantitative estimate of drug-likeness (QED) is 0.810. The SMILES string of the molecule is COc1cccc(F)c1-c1ncc(C(=O)Cl)cc1F. The number of aromatic nitrogens is 1. The monoisotopic (exact) mass is 283 g/mol. The Bertz CT molecular complexity index is 647. The second-order valence-corrected chi connectivity index (χ2v) is 3.99. The maximum atomic E-state index is 13.9. The van der Waals surface area contributed by atoms with Crippen LogP contribution in [-0.2, 0) is 0 Å². The van der Waals surface area contributed by atoms with Gasteiger partial charge in [0.05, 0.1) is 18.2 Å². The molecule has 0 amide bonds. The number of hydrogen-bond acceptors (Lipinski definition) is 3. The van der Waals surface area contributed by atoms with E-state index in [2.05, 4.69) is 4.98 Å². The molecule has 98 valence electrons. The van der Waals surface area contributed by atoms with Crippen LogP contribution in [0.15, 0.2) is 30.5 Å². The van der Waals surface area contributed by atoms with Crippen LogP contribution in [0, 0.1) is 11.6 Å². The number of carbonyl (C=O) groups is 1. The molecule has 0 saturated carbocycles. The zero-order valence-electron chi connectivity index (χ0n) is 9.78. The maximum Gasteiger partial charge on any atom is 0.254 e. The molecule has 3 nitrogen and oxygen atoms in total. The third-order valence-electron chi connectivity index (χ3n) is 2.50. The molecule has 0 fully saturated rings. The van der Waals surface area contributed by atoms with Gasteiger partial charge >= 0.3 is 0 Å². The first-order chi connectivity index (χ1) is 9.04. The van der Waals surface area contributed by atoms with Gasteiger partial charge in [0.1, 0.15) is 23.1 Å². The van der Waals surface area contributed by atoms with Gasteiger partial charge in [-0.15, -0.1) is 0 Å². The lowest BCUT2D eigenvalue weighted by Gasteiger charge is -2.09. The minimum absolute atomic E-state index is 0.0989. The summed E-state index contributed by atoms with van der Waals surface area (Å²) in [5, 5.41) is -0.835. The van der Waals surface area contributed by atoms with Gasteiger partial charge in [-0.3, -0.25) is 9.78 Å². The molecular weight excluding hydrogens is 276 g/mol. The van der Waals surface area contributed by atoms with E-state index in [9.17, 15) is 13.6 Å². The average Bonchev–Trinajstić information content (AvgIpc) is 2.38. The highest BCUT2D eigenvalue weighted by atomic mass is 35.5. The van der Waals surface area contributed by atoms with Crippen molar-refractivity contribution in [2.75, 3.05) is 7.11 Å². The van der Waals surface area contributed by atoms with Gasteiger partial charge in [-0.25, -0.2) is 8.78 Å². The first-order valence-corrected chi connectivity index (χ1v) is 5.60. The fourth-order valence-electron chi connectivity index (χ4n) is 1.63. The Labute approximate surface area is 112 Å². The van der Waals surface area contributed by atoms with Crippen LogP contribution >= 0.6 is 11.6 Å². The van der Waals surface area contributed by atoms with Crippen molar-refractivity contribution in [2.45, 2.75) is 0 Å². The van der Waals surface area contributed by atoms with Crippen molar-refractivity contribution < 1.29 is 18.3 Å². The summed E-state index contributed by atoms with van der Waals surface area (Å²) in [4.78, 5) is 14.6. The van der Waals surface area contributed by atoms with Crippen molar-refractivity contribution in [3.8, 4) is 17.0 Å². The predicted molar refractivity (Wildman–Crippen MR) is 66.3 cm³/mol. The minimum atomic E-state index is -0.852. The summed E-state index contributed by atoms with van der Waals surface area (Å²) in [5.74, 6) is -1.37. The molecule has 0 unspecified atom stereocenters. The van der Waals surface area contributed by atoms with Crippen LogP contribution < -0.4 is 4.74 Å². The van der Waals surface area contributed by atoms with Crippen LogP contribution in [0.2, 0.25) is 0 Å². The Morgan fingerprint density at radius 1 is 1.32 bits per heavy atom. The Morgan fingerprint density at radius 3 is 2.63 bits per heavy atom. The number of nitrogens with zero attached hydrogens (tertiary/aromatic N) is 1. The zero-order valence-corrected chi connectivity index (χ0v) is 10.5. The number of rotatable bonds is 3. The van der Waals surface area contributed by atoms with Crippen molar-refractivity contribution in [3.63, 3.8) is 0 Å². The Morgan fingerprint density at radius 2 is 2.05 bits per heavy atom. The molecule has 2 rings (SSSR count). The third kappa shape index (κ3) is 2.56. The molecule has 0 aliphatic rings. The molecule has 0 N–H and O–H groups in total. The molecule has 0 radical (unpaired) electrons. The van der Waals surface area contributed by atoms with E-state index in [0.29, 0.717) is 0 Å². The molecule has 0 bridgehead atoms. The number of benzene rings is 1. The number of carbonyl (C=O) groups excluding carboxylic acids is 1. The normalized spacial score (nSPS) is 10.3. The van der Waals surface area contributed by atoms with Crippen molar-refractivity contribution in [2.24, 2.45) is 0 Å². The Kier molecular flexibility index (Phi) is 3.76. The van der Waals surface area contributed by atoms with E-state index < -0.39 is 16.9 Å². The highest BCUT2D eigenvalue weighted by Crippen LogP contribution is 2.32. The van der Waals surface area contributed by atoms with Gasteiger partial charge in [0.15, 0.2) is 0 Å². The average molecular weight is 284 g/mol. The summed E-state index contributed by atoms with van der Waals surface area (Å²) in [7, 11) is 1.34. The lowest BCUT2D eigenvalue weighted by atomic mass is 10.1. The van der Waals surface area contributed by atoms with E-state index in [4.69, 9.17) is 16.3 Å². The molecule has 0 saturated heterocycles. The molecule has 0 spiro atoms. The number of hydrogen-bond donors (Lipinski definition) is 0. The highest BCUT2D eigenvalue weighted by molar-refractivity contribution is 6.67. The van der Waals surface area contributed by atoms with Crippen molar-refractivity contribution in [3.05, 3.63) is 47.7 Å². The van der Waals surface area contributed by atoms with Crippen LogP contribution in [-0.4, -0.2) is 17.3 Å². The Balaban J connectivity index is 2.63. The summed E-state index contributed by atoms with van der Waals surface area (Å²) >= 11 is 5.22. The molecule has 0 atom stereocenters. The van der Waals surface area contributed by atoms with Crippen LogP contribution in [0.25, 0.3) is 11.3 Å². The standard InChI is InChI=1S/C13H8ClF2NO2/c1-19-10-4-2-3-8(15)11(10)12-9(16)5-7(6-17-12)13(14)18/h2-6H,1H3. The van der Waals surface area contributed by atoms with Gasteiger partial charge in [0.25, 0.3) is 5.24 Å². The van der Waals surface area contributed by atoms with E-state index in [1.807, 2.05) is 0 Å². The van der Waals surface area contributed by atoms with Gasteiger partial charge in [-0.2, -0.15) is 0 Å². The van der Waals surface area contributed by atoms with Gasteiger partial charge in [-0.05, 0) is 29.8 Å². The van der Waals surface area contributed by atoms with E-state index in [0.717, 1.165) is 12.3 Å². The number of methoxy groups -OCH3 is 1. The van der Waals surface area contributed by atoms with Gasteiger partial charge in [0, 0.05) is 6.20 Å².